The van der Waals surface area contributed by atoms with Crippen LogP contribution in [-0.4, -0.2) is 49.4 Å². The van der Waals surface area contributed by atoms with Crippen molar-refractivity contribution in [2.45, 2.75) is 13.0 Å². The third-order valence-electron chi connectivity index (χ3n) is 3.48. The molecule has 1 saturated heterocycles. The minimum Gasteiger partial charge on any atom is -0.497 e. The van der Waals surface area contributed by atoms with Crippen molar-refractivity contribution < 1.29 is 28.6 Å². The zero-order valence-corrected chi connectivity index (χ0v) is 14.5. The number of hydrogen-bond acceptors (Lipinski definition) is 7. The van der Waals surface area contributed by atoms with Crippen LogP contribution in [0.25, 0.3) is 6.08 Å². The van der Waals surface area contributed by atoms with Crippen LogP contribution in [-0.2, 0) is 14.3 Å². The van der Waals surface area contributed by atoms with Crippen LogP contribution in [0, 0.1) is 0 Å². The number of hydrogen-bond donors (Lipinski definition) is 0. The van der Waals surface area contributed by atoms with E-state index in [4.69, 9.17) is 9.47 Å². The Morgan fingerprint density at radius 2 is 1.92 bits per heavy atom. The SMILES string of the molecule is COC(=O)[C@H](C)N1C(=O)S/C(=C/c2ccc(OC)cc2OC)C1=O. The highest BCUT2D eigenvalue weighted by Gasteiger charge is 2.41. The van der Waals surface area contributed by atoms with Gasteiger partial charge < -0.3 is 14.2 Å². The van der Waals surface area contributed by atoms with Crippen LogP contribution in [0.1, 0.15) is 12.5 Å². The first-order valence-corrected chi connectivity index (χ1v) is 7.81. The van der Waals surface area contributed by atoms with Gasteiger partial charge in [0.25, 0.3) is 11.1 Å². The molecule has 7 nitrogen and oxygen atoms in total. The van der Waals surface area contributed by atoms with Gasteiger partial charge >= 0.3 is 5.97 Å². The first-order valence-electron chi connectivity index (χ1n) is 6.99. The quantitative estimate of drug-likeness (QED) is 0.594. The first kappa shape index (κ1) is 17.9. The number of nitrogens with zero attached hydrogens (tertiary/aromatic N) is 1. The van der Waals surface area contributed by atoms with E-state index >= 15 is 0 Å². The molecule has 1 aliphatic heterocycles. The Kier molecular flexibility index (Phi) is 5.50. The summed E-state index contributed by atoms with van der Waals surface area (Å²) in [7, 11) is 4.24. The molecular weight excluding hydrogens is 334 g/mol. The molecular formula is C16H17NO6S. The number of methoxy groups -OCH3 is 3. The number of esters is 1. The fourth-order valence-corrected chi connectivity index (χ4v) is 3.07. The van der Waals surface area contributed by atoms with Crippen molar-refractivity contribution in [1.82, 2.24) is 4.90 Å². The number of thioether (sulfide) groups is 1. The highest BCUT2D eigenvalue weighted by atomic mass is 32.2. The van der Waals surface area contributed by atoms with Crippen LogP contribution in [0.4, 0.5) is 4.79 Å². The van der Waals surface area contributed by atoms with Crippen LogP contribution in [0.15, 0.2) is 23.1 Å². The zero-order valence-electron chi connectivity index (χ0n) is 13.7. The van der Waals surface area contributed by atoms with Gasteiger partial charge in [0, 0.05) is 11.6 Å². The molecule has 1 aromatic rings. The van der Waals surface area contributed by atoms with Crippen molar-refractivity contribution in [3.8, 4) is 11.5 Å². The van der Waals surface area contributed by atoms with Crippen LogP contribution >= 0.6 is 11.8 Å². The molecule has 0 spiro atoms. The Morgan fingerprint density at radius 1 is 1.21 bits per heavy atom. The van der Waals surface area contributed by atoms with Gasteiger partial charge in [-0.25, -0.2) is 4.79 Å². The Hall–Kier alpha value is -2.48. The number of benzene rings is 1. The predicted octanol–water partition coefficient (Wildman–Crippen LogP) is 2.30. The molecule has 2 rings (SSSR count). The molecule has 0 bridgehead atoms. The summed E-state index contributed by atoms with van der Waals surface area (Å²) in [5.41, 5.74) is 0.620. The molecule has 0 radical (unpaired) electrons. The summed E-state index contributed by atoms with van der Waals surface area (Å²) in [4.78, 5) is 37.2. The van der Waals surface area contributed by atoms with Crippen LogP contribution in [0.5, 0.6) is 11.5 Å². The standard InChI is InChI=1S/C16H17NO6S/c1-9(15(19)23-4)17-14(18)13(24-16(17)20)7-10-5-6-11(21-2)8-12(10)22-3/h5-9H,1-4H3/b13-7+/t9-/m0/s1. The molecule has 128 valence electrons. The topological polar surface area (TPSA) is 82.1 Å². The van der Waals surface area contributed by atoms with Gasteiger partial charge in [0.2, 0.25) is 0 Å². The second-order valence-electron chi connectivity index (χ2n) is 4.86. The normalized spacial score (nSPS) is 17.2. The molecule has 0 aliphatic carbocycles. The summed E-state index contributed by atoms with van der Waals surface area (Å²) in [6, 6.07) is 4.13. The average Bonchev–Trinajstić information content (AvgIpc) is 2.87. The van der Waals surface area contributed by atoms with Gasteiger partial charge in [-0.3, -0.25) is 14.5 Å². The Balaban J connectivity index is 2.34. The number of imide groups is 1. The Bertz CT molecular complexity index is 715. The van der Waals surface area contributed by atoms with Crippen molar-refractivity contribution in [3.63, 3.8) is 0 Å². The van der Waals surface area contributed by atoms with Gasteiger partial charge in [-0.05, 0) is 36.9 Å². The highest BCUT2D eigenvalue weighted by Crippen LogP contribution is 2.36. The number of ether oxygens (including phenoxy) is 3. The largest absolute Gasteiger partial charge is 0.497 e. The lowest BCUT2D eigenvalue weighted by atomic mass is 10.1. The fourth-order valence-electron chi connectivity index (χ4n) is 2.17. The lowest BCUT2D eigenvalue weighted by Crippen LogP contribution is -2.42. The summed E-state index contributed by atoms with van der Waals surface area (Å²) >= 11 is 0.766. The molecule has 24 heavy (non-hydrogen) atoms. The summed E-state index contributed by atoms with van der Waals surface area (Å²) in [6.07, 6.45) is 1.55. The number of carbonyl (C=O) groups is 3. The lowest BCUT2D eigenvalue weighted by molar-refractivity contribution is -0.148. The predicted molar refractivity (Wildman–Crippen MR) is 88.8 cm³/mol. The van der Waals surface area contributed by atoms with E-state index in [2.05, 4.69) is 4.74 Å². The average molecular weight is 351 g/mol. The van der Waals surface area contributed by atoms with Crippen LogP contribution < -0.4 is 9.47 Å². The molecule has 1 aromatic carbocycles. The fraction of sp³-hybridized carbons (Fsp3) is 0.312. The van der Waals surface area contributed by atoms with Gasteiger partial charge in [-0.2, -0.15) is 0 Å². The summed E-state index contributed by atoms with van der Waals surface area (Å²) in [6.45, 7) is 1.44. The van der Waals surface area contributed by atoms with Crippen molar-refractivity contribution >= 4 is 35.0 Å². The third-order valence-corrected chi connectivity index (χ3v) is 4.36. The monoisotopic (exact) mass is 351 g/mol. The van der Waals surface area contributed by atoms with Crippen molar-refractivity contribution in [1.29, 1.82) is 0 Å². The van der Waals surface area contributed by atoms with E-state index < -0.39 is 23.2 Å². The second kappa shape index (κ2) is 7.39. The molecule has 1 aliphatic rings. The Labute approximate surface area is 143 Å². The summed E-state index contributed by atoms with van der Waals surface area (Å²) < 4.78 is 15.0. The van der Waals surface area contributed by atoms with Gasteiger partial charge in [0.1, 0.15) is 17.5 Å². The highest BCUT2D eigenvalue weighted by molar-refractivity contribution is 8.18. The minimum atomic E-state index is -0.980. The molecule has 1 heterocycles. The summed E-state index contributed by atoms with van der Waals surface area (Å²) in [5.74, 6) is -0.0834. The van der Waals surface area contributed by atoms with E-state index in [1.54, 1.807) is 24.3 Å². The maximum Gasteiger partial charge on any atom is 0.328 e. The van der Waals surface area contributed by atoms with E-state index in [9.17, 15) is 14.4 Å². The van der Waals surface area contributed by atoms with Gasteiger partial charge in [-0.1, -0.05) is 0 Å². The smallest absolute Gasteiger partial charge is 0.328 e. The lowest BCUT2D eigenvalue weighted by Gasteiger charge is -2.18. The van der Waals surface area contributed by atoms with Gasteiger partial charge in [0.15, 0.2) is 0 Å². The van der Waals surface area contributed by atoms with Crippen LogP contribution in [0.3, 0.4) is 0 Å². The molecule has 1 fully saturated rings. The minimum absolute atomic E-state index is 0.208. The third kappa shape index (κ3) is 3.38. The van der Waals surface area contributed by atoms with E-state index in [1.807, 2.05) is 0 Å². The van der Waals surface area contributed by atoms with Gasteiger partial charge in [0.05, 0.1) is 26.2 Å². The van der Waals surface area contributed by atoms with E-state index in [1.165, 1.54) is 28.3 Å². The molecule has 2 amide bonds. The second-order valence-corrected chi connectivity index (χ2v) is 5.85. The number of rotatable bonds is 5. The maximum atomic E-state index is 12.4. The Morgan fingerprint density at radius 3 is 2.50 bits per heavy atom. The molecule has 1 atom stereocenters. The summed E-state index contributed by atoms with van der Waals surface area (Å²) in [5, 5.41) is -0.517. The van der Waals surface area contributed by atoms with Gasteiger partial charge in [-0.15, -0.1) is 0 Å². The molecule has 0 unspecified atom stereocenters. The molecule has 0 saturated carbocycles. The van der Waals surface area contributed by atoms with Crippen molar-refractivity contribution in [2.24, 2.45) is 0 Å². The van der Waals surface area contributed by atoms with Crippen molar-refractivity contribution in [3.05, 3.63) is 28.7 Å². The first-order chi connectivity index (χ1) is 11.4. The van der Waals surface area contributed by atoms with E-state index in [-0.39, 0.29) is 4.91 Å². The molecule has 0 N–H and O–H groups in total. The molecule has 8 heteroatoms. The number of amides is 2. The van der Waals surface area contributed by atoms with Crippen LogP contribution in [0.2, 0.25) is 0 Å². The van der Waals surface area contributed by atoms with Crippen molar-refractivity contribution in [2.75, 3.05) is 21.3 Å². The zero-order chi connectivity index (χ0) is 17.9. The molecule has 0 aromatic heterocycles. The van der Waals surface area contributed by atoms with E-state index in [0.717, 1.165) is 16.7 Å². The van der Waals surface area contributed by atoms with E-state index in [0.29, 0.717) is 17.1 Å². The number of carbonyl (C=O) groups excluding carboxylic acids is 3. The maximum absolute atomic E-state index is 12.4.